The van der Waals surface area contributed by atoms with Crippen LogP contribution in [0.15, 0.2) is 49.0 Å². The SMILES string of the molecule is CCCCn1c(=O)c(C2=NS(=O)(=O)c3c(Br)ccc(C)c3N2)c(O)c2cccnc21. The Morgan fingerprint density at radius 1 is 1.27 bits per heavy atom. The smallest absolute Gasteiger partial charge is 0.287 e. The maximum Gasteiger partial charge on any atom is 0.287 e. The number of nitrogens with zero attached hydrogens (tertiary/aromatic N) is 3. The number of aromatic hydroxyl groups is 1. The Balaban J connectivity index is 2.02. The molecule has 0 radical (unpaired) electrons. The summed E-state index contributed by atoms with van der Waals surface area (Å²) in [6, 6.07) is 6.66. The predicted octanol–water partition coefficient (Wildman–Crippen LogP) is 3.53. The number of benzene rings is 1. The molecule has 0 unspecified atom stereocenters. The summed E-state index contributed by atoms with van der Waals surface area (Å²) in [6.07, 6.45) is 3.12. The van der Waals surface area contributed by atoms with E-state index in [2.05, 4.69) is 30.6 Å². The van der Waals surface area contributed by atoms with Gasteiger partial charge in [0, 0.05) is 17.2 Å². The van der Waals surface area contributed by atoms with Gasteiger partial charge in [0.05, 0.1) is 11.1 Å². The third-order valence-corrected chi connectivity index (χ3v) is 7.28. The number of nitrogens with one attached hydrogen (secondary N) is 1. The summed E-state index contributed by atoms with van der Waals surface area (Å²) >= 11 is 3.26. The number of unbranched alkanes of at least 4 members (excludes halogenated alkanes) is 1. The molecule has 0 spiro atoms. The molecule has 3 aromatic rings. The summed E-state index contributed by atoms with van der Waals surface area (Å²) < 4.78 is 31.5. The molecule has 1 aliphatic heterocycles. The number of rotatable bonds is 4. The molecule has 10 heteroatoms. The second-order valence-electron chi connectivity index (χ2n) is 7.02. The van der Waals surface area contributed by atoms with Gasteiger partial charge >= 0.3 is 0 Å². The Morgan fingerprint density at radius 2 is 2.03 bits per heavy atom. The number of amidine groups is 1. The Hall–Kier alpha value is -2.72. The van der Waals surface area contributed by atoms with Gasteiger partial charge in [0.15, 0.2) is 5.84 Å². The second-order valence-corrected chi connectivity index (χ2v) is 9.41. The van der Waals surface area contributed by atoms with E-state index in [4.69, 9.17) is 0 Å². The first-order valence-corrected chi connectivity index (χ1v) is 11.6. The number of aryl methyl sites for hydroxylation is 2. The molecular weight excluding hydrogens is 472 g/mol. The fraction of sp³-hybridized carbons (Fsp3) is 0.250. The van der Waals surface area contributed by atoms with Crippen molar-refractivity contribution in [1.82, 2.24) is 9.55 Å². The summed E-state index contributed by atoms with van der Waals surface area (Å²) in [5.41, 5.74) is 0.581. The molecule has 2 aromatic heterocycles. The van der Waals surface area contributed by atoms with Gasteiger partial charge in [-0.15, -0.1) is 4.40 Å². The number of anilines is 1. The third kappa shape index (κ3) is 3.20. The lowest BCUT2D eigenvalue weighted by Crippen LogP contribution is -2.33. The summed E-state index contributed by atoms with van der Waals surface area (Å²) in [7, 11) is -4.11. The van der Waals surface area contributed by atoms with Gasteiger partial charge in [0.25, 0.3) is 15.6 Å². The molecule has 2 N–H and O–H groups in total. The lowest BCUT2D eigenvalue weighted by atomic mass is 10.1. The van der Waals surface area contributed by atoms with Crippen LogP contribution in [-0.4, -0.2) is 28.9 Å². The van der Waals surface area contributed by atoms with Crippen molar-refractivity contribution in [1.29, 1.82) is 0 Å². The third-order valence-electron chi connectivity index (χ3n) is 5.00. The number of sulfonamides is 1. The molecule has 4 rings (SSSR count). The Kier molecular flexibility index (Phi) is 5.15. The van der Waals surface area contributed by atoms with E-state index in [1.54, 1.807) is 37.4 Å². The number of fused-ring (bicyclic) bond motifs is 2. The van der Waals surface area contributed by atoms with Crippen LogP contribution in [0.2, 0.25) is 0 Å². The van der Waals surface area contributed by atoms with Crippen molar-refractivity contribution in [2.45, 2.75) is 38.1 Å². The zero-order chi connectivity index (χ0) is 21.6. The molecule has 156 valence electrons. The van der Waals surface area contributed by atoms with Crippen LogP contribution in [-0.2, 0) is 16.6 Å². The van der Waals surface area contributed by atoms with Crippen LogP contribution in [0.25, 0.3) is 11.0 Å². The van der Waals surface area contributed by atoms with E-state index in [-0.39, 0.29) is 22.0 Å². The minimum absolute atomic E-state index is 0.000459. The van der Waals surface area contributed by atoms with Crippen LogP contribution < -0.4 is 10.9 Å². The van der Waals surface area contributed by atoms with Gasteiger partial charge < -0.3 is 10.4 Å². The van der Waals surface area contributed by atoms with Crippen LogP contribution in [0, 0.1) is 6.92 Å². The van der Waals surface area contributed by atoms with Crippen LogP contribution in [0.5, 0.6) is 5.75 Å². The number of pyridine rings is 2. The topological polar surface area (TPSA) is 114 Å². The van der Waals surface area contributed by atoms with Crippen LogP contribution in [0.3, 0.4) is 0 Å². The molecule has 0 atom stereocenters. The Morgan fingerprint density at radius 3 is 2.77 bits per heavy atom. The van der Waals surface area contributed by atoms with Gasteiger partial charge in [0.1, 0.15) is 21.9 Å². The average Bonchev–Trinajstić information content (AvgIpc) is 2.70. The van der Waals surface area contributed by atoms with Crippen molar-refractivity contribution < 1.29 is 13.5 Å². The summed E-state index contributed by atoms with van der Waals surface area (Å²) in [5, 5.41) is 14.2. The molecule has 1 aromatic carbocycles. The van der Waals surface area contributed by atoms with Crippen molar-refractivity contribution in [3.63, 3.8) is 0 Å². The van der Waals surface area contributed by atoms with Crippen LogP contribution in [0.4, 0.5) is 5.69 Å². The van der Waals surface area contributed by atoms with Gasteiger partial charge in [-0.1, -0.05) is 19.4 Å². The van der Waals surface area contributed by atoms with Gasteiger partial charge in [-0.2, -0.15) is 8.42 Å². The highest BCUT2D eigenvalue weighted by atomic mass is 79.9. The van der Waals surface area contributed by atoms with Gasteiger partial charge in [-0.05, 0) is 53.0 Å². The zero-order valence-corrected chi connectivity index (χ0v) is 18.7. The lowest BCUT2D eigenvalue weighted by Gasteiger charge is -2.22. The minimum atomic E-state index is -4.11. The highest BCUT2D eigenvalue weighted by Crippen LogP contribution is 2.38. The van der Waals surface area contributed by atoms with Crippen molar-refractivity contribution >= 4 is 48.5 Å². The second kappa shape index (κ2) is 7.51. The molecule has 0 fully saturated rings. The number of hydrogen-bond donors (Lipinski definition) is 2. The van der Waals surface area contributed by atoms with E-state index in [0.717, 1.165) is 12.8 Å². The molecule has 0 saturated heterocycles. The van der Waals surface area contributed by atoms with Crippen molar-refractivity contribution in [2.24, 2.45) is 4.40 Å². The molecular formula is C20H19BrN4O4S. The van der Waals surface area contributed by atoms with Crippen molar-refractivity contribution in [3.05, 3.63) is 56.4 Å². The summed E-state index contributed by atoms with van der Waals surface area (Å²) in [5.74, 6) is -0.560. The summed E-state index contributed by atoms with van der Waals surface area (Å²) in [6.45, 7) is 4.14. The fourth-order valence-electron chi connectivity index (χ4n) is 3.48. The molecule has 0 bridgehead atoms. The van der Waals surface area contributed by atoms with E-state index in [9.17, 15) is 18.3 Å². The Labute approximate surface area is 181 Å². The summed E-state index contributed by atoms with van der Waals surface area (Å²) in [4.78, 5) is 17.6. The van der Waals surface area contributed by atoms with Crippen molar-refractivity contribution in [3.8, 4) is 5.75 Å². The van der Waals surface area contributed by atoms with Crippen molar-refractivity contribution in [2.75, 3.05) is 5.32 Å². The molecule has 30 heavy (non-hydrogen) atoms. The maximum atomic E-state index is 13.3. The van der Waals surface area contributed by atoms with Crippen LogP contribution >= 0.6 is 15.9 Å². The first-order chi connectivity index (χ1) is 14.3. The van der Waals surface area contributed by atoms with Gasteiger partial charge in [-0.25, -0.2) is 4.98 Å². The maximum absolute atomic E-state index is 13.3. The minimum Gasteiger partial charge on any atom is -0.506 e. The molecule has 1 aliphatic rings. The first kappa shape index (κ1) is 20.5. The molecule has 0 aliphatic carbocycles. The number of halogens is 1. The van der Waals surface area contributed by atoms with E-state index in [1.165, 1.54) is 4.57 Å². The zero-order valence-electron chi connectivity index (χ0n) is 16.3. The quantitative estimate of drug-likeness (QED) is 0.577. The standard InChI is InChI=1S/C20H19BrN4O4S/c1-3-4-10-25-19-12(6-5-9-22-19)16(26)14(20(25)27)18-23-15-11(2)7-8-13(21)17(15)30(28,29)24-18/h5-9,26H,3-4,10H2,1-2H3,(H,23,24). The number of aromatic nitrogens is 2. The highest BCUT2D eigenvalue weighted by Gasteiger charge is 2.32. The molecule has 0 amide bonds. The van der Waals surface area contributed by atoms with E-state index < -0.39 is 15.6 Å². The fourth-order valence-corrected chi connectivity index (χ4v) is 5.68. The monoisotopic (exact) mass is 490 g/mol. The van der Waals surface area contributed by atoms with Gasteiger partial charge in [0.2, 0.25) is 0 Å². The largest absolute Gasteiger partial charge is 0.506 e. The predicted molar refractivity (Wildman–Crippen MR) is 119 cm³/mol. The van der Waals surface area contributed by atoms with E-state index in [0.29, 0.717) is 33.3 Å². The first-order valence-electron chi connectivity index (χ1n) is 9.38. The average molecular weight is 491 g/mol. The van der Waals surface area contributed by atoms with Gasteiger partial charge in [-0.3, -0.25) is 9.36 Å². The molecule has 8 nitrogen and oxygen atoms in total. The molecule has 3 heterocycles. The normalized spacial score (nSPS) is 14.8. The highest BCUT2D eigenvalue weighted by molar-refractivity contribution is 9.10. The van der Waals surface area contributed by atoms with E-state index in [1.807, 2.05) is 6.92 Å². The van der Waals surface area contributed by atoms with E-state index >= 15 is 0 Å². The van der Waals surface area contributed by atoms with Crippen LogP contribution in [0.1, 0.15) is 30.9 Å². The Bertz CT molecular complexity index is 1380. The molecule has 0 saturated carbocycles. The lowest BCUT2D eigenvalue weighted by molar-refractivity contribution is 0.476. The number of hydrogen-bond acceptors (Lipinski definition) is 6.